The Kier molecular flexibility index (Phi) is 4.10. The van der Waals surface area contributed by atoms with E-state index in [1.165, 1.54) is 12.3 Å². The van der Waals surface area contributed by atoms with E-state index in [4.69, 9.17) is 5.41 Å². The molecule has 3 heteroatoms. The molecule has 0 amide bonds. The average molecular weight is 97.1 g/mol. The van der Waals surface area contributed by atoms with Crippen LogP contribution in [-0.2, 0) is 0 Å². The van der Waals surface area contributed by atoms with Crippen LogP contribution >= 0.6 is 0 Å². The lowest BCUT2D eigenvalue weighted by Gasteiger charge is -1.79. The topological polar surface area (TPSA) is 48.2 Å². The number of hydrogen-bond acceptors (Lipinski definition) is 3. The van der Waals surface area contributed by atoms with Crippen LogP contribution in [0, 0.1) is 5.41 Å². The van der Waals surface area contributed by atoms with E-state index >= 15 is 0 Å². The van der Waals surface area contributed by atoms with E-state index in [0.717, 1.165) is 6.21 Å². The zero-order valence-electron chi connectivity index (χ0n) is 3.89. The molecule has 0 spiro atoms. The third-order valence-electron chi connectivity index (χ3n) is 0.358. The molecule has 0 aromatic rings. The summed E-state index contributed by atoms with van der Waals surface area (Å²) in [6.07, 6.45) is 4.17. The molecule has 0 aliphatic carbocycles. The van der Waals surface area contributed by atoms with Gasteiger partial charge in [0.15, 0.2) is 0 Å². The van der Waals surface area contributed by atoms with Crippen molar-refractivity contribution in [1.29, 1.82) is 5.41 Å². The monoisotopic (exact) mass is 97.1 g/mol. The minimum atomic E-state index is 1.15. The summed E-state index contributed by atoms with van der Waals surface area (Å²) in [5.41, 5.74) is 2.43. The predicted octanol–water partition coefficient (Wildman–Crippen LogP) is 0.355. The fourth-order valence-corrected chi connectivity index (χ4v) is 0.144. The largest absolute Gasteiger partial charge is 0.309 e. The molecule has 0 bridgehead atoms. The van der Waals surface area contributed by atoms with Gasteiger partial charge in [-0.15, -0.1) is 0 Å². The van der Waals surface area contributed by atoms with Crippen LogP contribution in [0.1, 0.15) is 0 Å². The van der Waals surface area contributed by atoms with Crippen LogP contribution in [0.2, 0.25) is 0 Å². The van der Waals surface area contributed by atoms with Gasteiger partial charge in [-0.1, -0.05) is 0 Å². The van der Waals surface area contributed by atoms with Crippen LogP contribution in [-0.4, -0.2) is 12.9 Å². The summed E-state index contributed by atoms with van der Waals surface area (Å²) in [4.78, 5) is 0. The van der Waals surface area contributed by atoms with Gasteiger partial charge in [-0.2, -0.15) is 5.10 Å². The van der Waals surface area contributed by atoms with Gasteiger partial charge in [-0.25, -0.2) is 0 Å². The maximum atomic E-state index is 6.47. The van der Waals surface area contributed by atoms with Crippen molar-refractivity contribution in [3.63, 3.8) is 0 Å². The van der Waals surface area contributed by atoms with Crippen molar-refractivity contribution in [3.8, 4) is 0 Å². The summed E-state index contributed by atoms with van der Waals surface area (Å²) in [5, 5.41) is 9.75. The highest BCUT2D eigenvalue weighted by Crippen LogP contribution is 1.56. The second kappa shape index (κ2) is 4.88. The first-order valence-electron chi connectivity index (χ1n) is 1.78. The van der Waals surface area contributed by atoms with Crippen LogP contribution in [0.4, 0.5) is 0 Å². The molecule has 0 saturated carbocycles. The first-order valence-corrected chi connectivity index (χ1v) is 1.78. The molecule has 0 aliphatic heterocycles. The quantitative estimate of drug-likeness (QED) is 0.387. The standard InChI is InChI=1S/C4H7N3/c1-6-7-4-2-3-5/h2-5,7H,1H2/b4-2-,5-3?. The van der Waals surface area contributed by atoms with Crippen molar-refractivity contribution in [2.75, 3.05) is 0 Å². The third-order valence-corrected chi connectivity index (χ3v) is 0.358. The van der Waals surface area contributed by atoms with Gasteiger partial charge in [0.25, 0.3) is 0 Å². The second-order valence-electron chi connectivity index (χ2n) is 0.813. The summed E-state index contributed by atoms with van der Waals surface area (Å²) in [6.45, 7) is 3.15. The van der Waals surface area contributed by atoms with E-state index in [1.54, 1.807) is 0 Å². The molecule has 0 fully saturated rings. The van der Waals surface area contributed by atoms with Crippen molar-refractivity contribution >= 4 is 12.9 Å². The van der Waals surface area contributed by atoms with Gasteiger partial charge in [-0.05, 0) is 6.08 Å². The molecule has 0 unspecified atom stereocenters. The maximum Gasteiger partial charge on any atom is 0.0214 e. The smallest absolute Gasteiger partial charge is 0.0214 e. The summed E-state index contributed by atoms with van der Waals surface area (Å²) < 4.78 is 0. The number of rotatable bonds is 3. The lowest BCUT2D eigenvalue weighted by Crippen LogP contribution is -1.88. The molecule has 0 radical (unpaired) electrons. The van der Waals surface area contributed by atoms with Crippen LogP contribution in [0.15, 0.2) is 17.4 Å². The van der Waals surface area contributed by atoms with Crippen LogP contribution in [0.3, 0.4) is 0 Å². The minimum absolute atomic E-state index is 1.15. The first kappa shape index (κ1) is 5.88. The number of nitrogens with one attached hydrogen (secondary N) is 2. The molecule has 0 saturated heterocycles. The maximum absolute atomic E-state index is 6.47. The highest BCUT2D eigenvalue weighted by molar-refractivity contribution is 5.67. The Morgan fingerprint density at radius 3 is 2.86 bits per heavy atom. The highest BCUT2D eigenvalue weighted by Gasteiger charge is 1.55. The Bertz CT molecular complexity index is 84.9. The summed E-state index contributed by atoms with van der Waals surface area (Å²) in [7, 11) is 0. The normalized spacial score (nSPS) is 8.57. The Morgan fingerprint density at radius 2 is 2.43 bits per heavy atom. The van der Waals surface area contributed by atoms with Gasteiger partial charge in [0.1, 0.15) is 0 Å². The average Bonchev–Trinajstić information content (AvgIpc) is 1.69. The number of allylic oxidation sites excluding steroid dienone is 1. The van der Waals surface area contributed by atoms with Gasteiger partial charge >= 0.3 is 0 Å². The van der Waals surface area contributed by atoms with Crippen molar-refractivity contribution in [2.24, 2.45) is 5.10 Å². The van der Waals surface area contributed by atoms with Crippen LogP contribution in [0.5, 0.6) is 0 Å². The Labute approximate surface area is 42.2 Å². The van der Waals surface area contributed by atoms with Crippen molar-refractivity contribution in [2.45, 2.75) is 0 Å². The van der Waals surface area contributed by atoms with Crippen molar-refractivity contribution in [3.05, 3.63) is 12.3 Å². The predicted molar refractivity (Wildman–Crippen MR) is 30.6 cm³/mol. The van der Waals surface area contributed by atoms with E-state index < -0.39 is 0 Å². The Hall–Kier alpha value is -1.12. The molecule has 38 valence electrons. The van der Waals surface area contributed by atoms with Gasteiger partial charge in [0, 0.05) is 19.1 Å². The lowest BCUT2D eigenvalue weighted by atomic mass is 10.7. The van der Waals surface area contributed by atoms with E-state index in [-0.39, 0.29) is 0 Å². The van der Waals surface area contributed by atoms with E-state index in [2.05, 4.69) is 17.2 Å². The van der Waals surface area contributed by atoms with Crippen molar-refractivity contribution < 1.29 is 0 Å². The third kappa shape index (κ3) is 4.88. The fourth-order valence-electron chi connectivity index (χ4n) is 0.144. The summed E-state index contributed by atoms with van der Waals surface area (Å²) in [6, 6.07) is 0. The number of hydrazone groups is 1. The molecular formula is C4H7N3. The first-order chi connectivity index (χ1) is 3.41. The van der Waals surface area contributed by atoms with E-state index in [1.807, 2.05) is 0 Å². The molecule has 0 aromatic heterocycles. The van der Waals surface area contributed by atoms with E-state index in [9.17, 15) is 0 Å². The zero-order valence-corrected chi connectivity index (χ0v) is 3.89. The summed E-state index contributed by atoms with van der Waals surface area (Å²) in [5.74, 6) is 0. The lowest BCUT2D eigenvalue weighted by molar-refractivity contribution is 0.983. The minimum Gasteiger partial charge on any atom is -0.309 e. The van der Waals surface area contributed by atoms with Crippen LogP contribution in [0.25, 0.3) is 0 Å². The molecule has 7 heavy (non-hydrogen) atoms. The fraction of sp³-hybridized carbons (Fsp3) is 0. The van der Waals surface area contributed by atoms with Crippen LogP contribution < -0.4 is 5.43 Å². The molecule has 0 aliphatic rings. The zero-order chi connectivity index (χ0) is 5.54. The SMILES string of the molecule is C=NN/C=C\C=N. The number of nitrogens with zero attached hydrogens (tertiary/aromatic N) is 1. The van der Waals surface area contributed by atoms with Gasteiger partial charge < -0.3 is 5.41 Å². The molecule has 0 heterocycles. The Morgan fingerprint density at radius 1 is 1.71 bits per heavy atom. The molecule has 2 N–H and O–H groups in total. The molecular weight excluding hydrogens is 90.1 g/mol. The second-order valence-corrected chi connectivity index (χ2v) is 0.813. The van der Waals surface area contributed by atoms with Gasteiger partial charge in [0.2, 0.25) is 0 Å². The molecule has 0 aromatic carbocycles. The van der Waals surface area contributed by atoms with Gasteiger partial charge in [-0.3, -0.25) is 5.43 Å². The molecule has 3 nitrogen and oxygen atoms in total. The Balaban J connectivity index is 3.08. The number of hydrogen-bond donors (Lipinski definition) is 2. The summed E-state index contributed by atoms with van der Waals surface area (Å²) >= 11 is 0. The van der Waals surface area contributed by atoms with Gasteiger partial charge in [0.05, 0.1) is 0 Å². The van der Waals surface area contributed by atoms with E-state index in [0.29, 0.717) is 0 Å². The van der Waals surface area contributed by atoms with Crippen molar-refractivity contribution in [1.82, 2.24) is 5.43 Å². The molecule has 0 atom stereocenters. The highest BCUT2D eigenvalue weighted by atomic mass is 15.3. The molecule has 0 rings (SSSR count).